The SMILES string of the molecule is FC(F)(F)COCCN1CCC(Cl)CC1. The van der Waals surface area contributed by atoms with Crippen LogP contribution in [0.15, 0.2) is 0 Å². The maximum Gasteiger partial charge on any atom is 0.411 e. The average Bonchev–Trinajstić information content (AvgIpc) is 2.14. The van der Waals surface area contributed by atoms with Gasteiger partial charge in [0.05, 0.1) is 6.61 Å². The van der Waals surface area contributed by atoms with Gasteiger partial charge in [0.1, 0.15) is 6.61 Å². The molecular weight excluding hydrogens is 231 g/mol. The molecule has 0 bridgehead atoms. The molecule has 1 heterocycles. The van der Waals surface area contributed by atoms with Crippen LogP contribution in [0.4, 0.5) is 13.2 Å². The number of nitrogens with zero attached hydrogens (tertiary/aromatic N) is 1. The molecule has 0 aromatic heterocycles. The summed E-state index contributed by atoms with van der Waals surface area (Å²) in [6.07, 6.45) is -2.41. The van der Waals surface area contributed by atoms with Crippen molar-refractivity contribution in [1.82, 2.24) is 4.90 Å². The van der Waals surface area contributed by atoms with Crippen LogP contribution in [0.2, 0.25) is 0 Å². The van der Waals surface area contributed by atoms with Gasteiger partial charge in [-0.2, -0.15) is 13.2 Å². The number of alkyl halides is 4. The molecule has 2 nitrogen and oxygen atoms in total. The second kappa shape index (κ2) is 5.92. The summed E-state index contributed by atoms with van der Waals surface area (Å²) in [5.41, 5.74) is 0. The van der Waals surface area contributed by atoms with Gasteiger partial charge in [0.2, 0.25) is 0 Å². The number of ether oxygens (including phenoxy) is 1. The van der Waals surface area contributed by atoms with Crippen molar-refractivity contribution in [3.8, 4) is 0 Å². The molecular formula is C9H15ClF3NO. The van der Waals surface area contributed by atoms with E-state index >= 15 is 0 Å². The summed E-state index contributed by atoms with van der Waals surface area (Å²) >= 11 is 5.90. The quantitative estimate of drug-likeness (QED) is 0.557. The van der Waals surface area contributed by atoms with E-state index in [-0.39, 0.29) is 12.0 Å². The smallest absolute Gasteiger partial charge is 0.371 e. The van der Waals surface area contributed by atoms with Crippen LogP contribution < -0.4 is 0 Å². The first-order chi connectivity index (χ1) is 6.97. The van der Waals surface area contributed by atoms with Crippen molar-refractivity contribution in [2.75, 3.05) is 32.8 Å². The molecule has 6 heteroatoms. The fourth-order valence-electron chi connectivity index (χ4n) is 1.51. The number of piperidine rings is 1. The van der Waals surface area contributed by atoms with E-state index in [4.69, 9.17) is 11.6 Å². The van der Waals surface area contributed by atoms with E-state index in [1.54, 1.807) is 0 Å². The Balaban J connectivity index is 2.01. The van der Waals surface area contributed by atoms with E-state index in [0.717, 1.165) is 25.9 Å². The lowest BCUT2D eigenvalue weighted by molar-refractivity contribution is -0.174. The van der Waals surface area contributed by atoms with Crippen molar-refractivity contribution in [2.24, 2.45) is 0 Å². The number of halogens is 4. The lowest BCUT2D eigenvalue weighted by Gasteiger charge is -2.28. The van der Waals surface area contributed by atoms with Crippen LogP contribution in [0.5, 0.6) is 0 Å². The summed E-state index contributed by atoms with van der Waals surface area (Å²) in [6.45, 7) is 1.23. The van der Waals surface area contributed by atoms with Crippen molar-refractivity contribution >= 4 is 11.6 Å². The maximum atomic E-state index is 11.7. The highest BCUT2D eigenvalue weighted by Gasteiger charge is 2.27. The third kappa shape index (κ3) is 6.22. The predicted octanol–water partition coefficient (Wildman–Crippen LogP) is 2.27. The van der Waals surface area contributed by atoms with Gasteiger partial charge in [0, 0.05) is 11.9 Å². The van der Waals surface area contributed by atoms with Gasteiger partial charge in [0.15, 0.2) is 0 Å². The Bertz CT molecular complexity index is 181. The van der Waals surface area contributed by atoms with Crippen LogP contribution in [-0.2, 0) is 4.74 Å². The first kappa shape index (κ1) is 13.1. The fraction of sp³-hybridized carbons (Fsp3) is 1.00. The third-order valence-corrected chi connectivity index (χ3v) is 2.77. The van der Waals surface area contributed by atoms with Crippen molar-refractivity contribution in [2.45, 2.75) is 24.4 Å². The minimum absolute atomic E-state index is 0.131. The monoisotopic (exact) mass is 245 g/mol. The molecule has 0 aliphatic carbocycles. The molecule has 0 aromatic carbocycles. The zero-order valence-corrected chi connectivity index (χ0v) is 9.15. The molecule has 0 aromatic rings. The van der Waals surface area contributed by atoms with Crippen molar-refractivity contribution in [3.05, 3.63) is 0 Å². The van der Waals surface area contributed by atoms with Crippen LogP contribution in [0, 0.1) is 0 Å². The molecule has 1 saturated heterocycles. The van der Waals surface area contributed by atoms with Crippen LogP contribution in [0.25, 0.3) is 0 Å². The molecule has 0 radical (unpaired) electrons. The lowest BCUT2D eigenvalue weighted by Crippen LogP contribution is -2.36. The van der Waals surface area contributed by atoms with Crippen molar-refractivity contribution in [3.63, 3.8) is 0 Å². The number of hydrogen-bond acceptors (Lipinski definition) is 2. The standard InChI is InChI=1S/C9H15ClF3NO/c10-8-1-3-14(4-2-8)5-6-15-7-9(11,12)13/h8H,1-7H2. The van der Waals surface area contributed by atoms with E-state index in [1.165, 1.54) is 0 Å². The minimum atomic E-state index is -4.22. The molecule has 1 aliphatic heterocycles. The van der Waals surface area contributed by atoms with Crippen molar-refractivity contribution < 1.29 is 17.9 Å². The average molecular weight is 246 g/mol. The number of hydrogen-bond donors (Lipinski definition) is 0. The van der Waals surface area contributed by atoms with Gasteiger partial charge in [0.25, 0.3) is 0 Å². The molecule has 1 fully saturated rings. The van der Waals surface area contributed by atoms with E-state index in [1.807, 2.05) is 0 Å². The molecule has 0 saturated carbocycles. The maximum absolute atomic E-state index is 11.7. The Labute approximate surface area is 92.3 Å². The zero-order valence-electron chi connectivity index (χ0n) is 8.39. The van der Waals surface area contributed by atoms with Crippen LogP contribution >= 0.6 is 11.6 Å². The molecule has 0 unspecified atom stereocenters. The molecule has 0 spiro atoms. The van der Waals surface area contributed by atoms with Gasteiger partial charge in [-0.25, -0.2) is 0 Å². The molecule has 90 valence electrons. The largest absolute Gasteiger partial charge is 0.411 e. The van der Waals surface area contributed by atoms with Gasteiger partial charge in [-0.1, -0.05) is 0 Å². The number of likely N-dealkylation sites (tertiary alicyclic amines) is 1. The molecule has 0 N–H and O–H groups in total. The molecule has 15 heavy (non-hydrogen) atoms. The van der Waals surface area contributed by atoms with Crippen LogP contribution in [0.3, 0.4) is 0 Å². The van der Waals surface area contributed by atoms with Gasteiger partial charge >= 0.3 is 6.18 Å². The second-order valence-electron chi connectivity index (χ2n) is 3.68. The Morgan fingerprint density at radius 1 is 1.27 bits per heavy atom. The summed E-state index contributed by atoms with van der Waals surface area (Å²) in [5.74, 6) is 0. The topological polar surface area (TPSA) is 12.5 Å². The predicted molar refractivity (Wildman–Crippen MR) is 52.2 cm³/mol. The third-order valence-electron chi connectivity index (χ3n) is 2.33. The lowest BCUT2D eigenvalue weighted by atomic mass is 10.1. The fourth-order valence-corrected chi connectivity index (χ4v) is 1.70. The Hall–Kier alpha value is 0. The highest BCUT2D eigenvalue weighted by atomic mass is 35.5. The van der Waals surface area contributed by atoms with E-state index in [0.29, 0.717) is 6.54 Å². The van der Waals surface area contributed by atoms with Crippen LogP contribution in [-0.4, -0.2) is 49.3 Å². The van der Waals surface area contributed by atoms with Crippen LogP contribution in [0.1, 0.15) is 12.8 Å². The van der Waals surface area contributed by atoms with Gasteiger partial charge < -0.3 is 9.64 Å². The zero-order chi connectivity index (χ0) is 11.3. The summed E-state index contributed by atoms with van der Waals surface area (Å²) in [4.78, 5) is 2.08. The highest BCUT2D eigenvalue weighted by Crippen LogP contribution is 2.16. The van der Waals surface area contributed by atoms with E-state index < -0.39 is 12.8 Å². The summed E-state index contributed by atoms with van der Waals surface area (Å²) < 4.78 is 39.7. The summed E-state index contributed by atoms with van der Waals surface area (Å²) in [6, 6.07) is 0. The van der Waals surface area contributed by atoms with Gasteiger partial charge in [-0.3, -0.25) is 0 Å². The second-order valence-corrected chi connectivity index (χ2v) is 4.30. The van der Waals surface area contributed by atoms with Gasteiger partial charge in [-0.05, 0) is 25.9 Å². The minimum Gasteiger partial charge on any atom is -0.371 e. The first-order valence-electron chi connectivity index (χ1n) is 4.98. The number of rotatable bonds is 4. The Morgan fingerprint density at radius 2 is 1.87 bits per heavy atom. The summed E-state index contributed by atoms with van der Waals surface area (Å²) in [5, 5.41) is 0.220. The summed E-state index contributed by atoms with van der Waals surface area (Å²) in [7, 11) is 0. The Kier molecular flexibility index (Phi) is 5.15. The molecule has 0 atom stereocenters. The first-order valence-corrected chi connectivity index (χ1v) is 5.42. The molecule has 0 amide bonds. The van der Waals surface area contributed by atoms with Crippen molar-refractivity contribution in [1.29, 1.82) is 0 Å². The molecule has 1 aliphatic rings. The van der Waals surface area contributed by atoms with Gasteiger partial charge in [-0.15, -0.1) is 11.6 Å². The Morgan fingerprint density at radius 3 is 2.40 bits per heavy atom. The highest BCUT2D eigenvalue weighted by molar-refractivity contribution is 6.20. The molecule has 1 rings (SSSR count). The van der Waals surface area contributed by atoms with E-state index in [2.05, 4.69) is 9.64 Å². The van der Waals surface area contributed by atoms with E-state index in [9.17, 15) is 13.2 Å². The normalized spacial score (nSPS) is 20.8.